The normalized spacial score (nSPS) is 18.6. The Labute approximate surface area is 188 Å². The van der Waals surface area contributed by atoms with Crippen LogP contribution in [-0.2, 0) is 11.2 Å². The molecule has 4 rings (SSSR count). The number of hydrogen-bond acceptors (Lipinski definition) is 6. The first-order valence-electron chi connectivity index (χ1n) is 10.4. The zero-order chi connectivity index (χ0) is 21.3. The second-order valence-corrected chi connectivity index (χ2v) is 7.82. The third-order valence-electron chi connectivity index (χ3n) is 5.71. The fraction of sp³-hybridized carbons (Fsp3) is 0.455. The molecule has 1 atom stereocenters. The van der Waals surface area contributed by atoms with Gasteiger partial charge in [0.25, 0.3) is 5.91 Å². The van der Waals surface area contributed by atoms with E-state index in [1.807, 2.05) is 18.0 Å². The number of hydrogen-bond donors (Lipinski definition) is 0. The summed E-state index contributed by atoms with van der Waals surface area (Å²) in [6.45, 7) is 9.21. The second-order valence-electron chi connectivity index (χ2n) is 7.82. The van der Waals surface area contributed by atoms with Gasteiger partial charge in [0.15, 0.2) is 0 Å². The zero-order valence-corrected chi connectivity index (χ0v) is 18.9. The van der Waals surface area contributed by atoms with Gasteiger partial charge in [-0.2, -0.15) is 0 Å². The maximum absolute atomic E-state index is 12.9. The number of rotatable bonds is 4. The highest BCUT2D eigenvalue weighted by molar-refractivity contribution is 5.95. The van der Waals surface area contributed by atoms with E-state index < -0.39 is 6.09 Å². The first-order valence-corrected chi connectivity index (χ1v) is 10.4. The highest BCUT2D eigenvalue weighted by Crippen LogP contribution is 2.23. The average molecular weight is 446 g/mol. The Kier molecular flexibility index (Phi) is 7.00. The molecular weight excluding hydrogens is 418 g/mol. The number of ether oxygens (including phenoxy) is 1. The summed E-state index contributed by atoms with van der Waals surface area (Å²) < 4.78 is 5.03. The molecule has 166 valence electrons. The third kappa shape index (κ3) is 4.58. The first-order chi connectivity index (χ1) is 14.5. The third-order valence-corrected chi connectivity index (χ3v) is 5.71. The molecule has 1 unspecified atom stereocenters. The number of carbonyl (C=O) groups excluding carboxylic acids is 2. The van der Waals surface area contributed by atoms with Crippen LogP contribution in [0, 0.1) is 6.92 Å². The van der Waals surface area contributed by atoms with Crippen LogP contribution in [0.25, 0.3) is 0 Å². The van der Waals surface area contributed by atoms with E-state index in [4.69, 9.17) is 4.74 Å². The number of amides is 2. The first kappa shape index (κ1) is 22.8. The van der Waals surface area contributed by atoms with Gasteiger partial charge in [0.05, 0.1) is 11.6 Å². The Morgan fingerprint density at radius 3 is 2.45 bits per heavy atom. The quantitative estimate of drug-likeness (QED) is 0.719. The lowest BCUT2D eigenvalue weighted by Crippen LogP contribution is -2.49. The molecule has 2 aromatic rings. The summed E-state index contributed by atoms with van der Waals surface area (Å²) in [4.78, 5) is 39.3. The van der Waals surface area contributed by atoms with E-state index >= 15 is 0 Å². The topological polar surface area (TPSA) is 78.9 Å². The zero-order valence-electron chi connectivity index (χ0n) is 18.1. The summed E-state index contributed by atoms with van der Waals surface area (Å²) in [6, 6.07) is 5.55. The molecule has 2 aliphatic rings. The number of halogens is 1. The molecule has 0 saturated carbocycles. The summed E-state index contributed by atoms with van der Waals surface area (Å²) in [5, 5.41) is 0. The molecule has 0 aliphatic carbocycles. The molecule has 0 radical (unpaired) electrons. The van der Waals surface area contributed by atoms with E-state index in [9.17, 15) is 9.59 Å². The summed E-state index contributed by atoms with van der Waals surface area (Å²) in [5.41, 5.74) is 2.93. The highest BCUT2D eigenvalue weighted by atomic mass is 35.5. The van der Waals surface area contributed by atoms with Gasteiger partial charge >= 0.3 is 6.09 Å². The van der Waals surface area contributed by atoms with E-state index in [2.05, 4.69) is 34.8 Å². The number of pyridine rings is 2. The van der Waals surface area contributed by atoms with E-state index in [1.54, 1.807) is 12.1 Å². The smallest absolute Gasteiger partial charge is 0.415 e. The highest BCUT2D eigenvalue weighted by Gasteiger charge is 2.32. The van der Waals surface area contributed by atoms with Gasteiger partial charge in [0.1, 0.15) is 18.2 Å². The summed E-state index contributed by atoms with van der Waals surface area (Å²) in [5.74, 6) is 1.46. The van der Waals surface area contributed by atoms with Gasteiger partial charge in [-0.1, -0.05) is 13.0 Å². The Hall–Kier alpha value is -2.87. The maximum atomic E-state index is 12.9. The number of carbonyl (C=O) groups is 2. The van der Waals surface area contributed by atoms with Gasteiger partial charge in [0, 0.05) is 38.6 Å². The average Bonchev–Trinajstić information content (AvgIpc) is 3.11. The van der Waals surface area contributed by atoms with Crippen LogP contribution in [0.2, 0.25) is 0 Å². The van der Waals surface area contributed by atoms with Gasteiger partial charge in [0.2, 0.25) is 0 Å². The molecule has 8 nitrogen and oxygen atoms in total. The molecule has 0 aromatic carbocycles. The van der Waals surface area contributed by atoms with Crippen LogP contribution in [0.1, 0.15) is 35.3 Å². The number of nitrogens with zero attached hydrogens (tertiary/aromatic N) is 5. The van der Waals surface area contributed by atoms with Crippen molar-refractivity contribution < 1.29 is 14.3 Å². The van der Waals surface area contributed by atoms with Gasteiger partial charge < -0.3 is 14.5 Å². The number of aryl methyl sites for hydroxylation is 2. The van der Waals surface area contributed by atoms with Gasteiger partial charge in [-0.25, -0.2) is 14.8 Å². The van der Waals surface area contributed by atoms with Crippen molar-refractivity contribution in [3.05, 3.63) is 47.3 Å². The predicted octanol–water partition coefficient (Wildman–Crippen LogP) is 3.08. The largest absolute Gasteiger partial charge is 0.447 e. The molecule has 2 aliphatic heterocycles. The van der Waals surface area contributed by atoms with Crippen LogP contribution in [0.3, 0.4) is 0 Å². The number of piperazine rings is 1. The van der Waals surface area contributed by atoms with Crippen molar-refractivity contribution in [2.75, 3.05) is 42.6 Å². The fourth-order valence-electron chi connectivity index (χ4n) is 3.94. The van der Waals surface area contributed by atoms with Crippen LogP contribution in [0.4, 0.5) is 16.4 Å². The standard InChI is InChI=1S/C22H27N5O3.ClH/c1-4-17-11-15(2)20(24-12-17)25-7-9-26(10-8-25)21(28)18-5-6-19(23-13-18)27-16(3)14-30-22(27)29;/h5-6,11-13,16H,4,7-10,14H2,1-3H3;1H. The van der Waals surface area contributed by atoms with Crippen LogP contribution >= 0.6 is 12.4 Å². The van der Waals surface area contributed by atoms with Gasteiger partial charge in [-0.05, 0) is 43.5 Å². The monoisotopic (exact) mass is 445 g/mol. The summed E-state index contributed by atoms with van der Waals surface area (Å²) >= 11 is 0. The molecule has 2 fully saturated rings. The molecule has 31 heavy (non-hydrogen) atoms. The van der Waals surface area contributed by atoms with Crippen molar-refractivity contribution in [1.29, 1.82) is 0 Å². The van der Waals surface area contributed by atoms with Crippen molar-refractivity contribution in [2.24, 2.45) is 0 Å². The second kappa shape index (κ2) is 9.51. The Balaban J connectivity index is 0.00000272. The lowest BCUT2D eigenvalue weighted by atomic mass is 10.1. The minimum Gasteiger partial charge on any atom is -0.447 e. The number of anilines is 2. The van der Waals surface area contributed by atoms with Gasteiger partial charge in [-0.15, -0.1) is 12.4 Å². The van der Waals surface area contributed by atoms with E-state index in [0.29, 0.717) is 31.1 Å². The Bertz CT molecular complexity index is 945. The van der Waals surface area contributed by atoms with Crippen molar-refractivity contribution in [3.8, 4) is 0 Å². The number of cyclic esters (lactones) is 1. The van der Waals surface area contributed by atoms with Crippen LogP contribution in [0.5, 0.6) is 0 Å². The Morgan fingerprint density at radius 1 is 1.16 bits per heavy atom. The van der Waals surface area contributed by atoms with Crippen LogP contribution < -0.4 is 9.80 Å². The fourth-order valence-corrected chi connectivity index (χ4v) is 3.94. The summed E-state index contributed by atoms with van der Waals surface area (Å²) in [7, 11) is 0. The van der Waals surface area contributed by atoms with Gasteiger partial charge in [-0.3, -0.25) is 9.69 Å². The molecule has 2 amide bonds. The van der Waals surface area contributed by atoms with Crippen molar-refractivity contribution in [2.45, 2.75) is 33.2 Å². The minimum atomic E-state index is -0.402. The minimum absolute atomic E-state index is 0. The SMILES string of the molecule is CCc1cnc(N2CCN(C(=O)c3ccc(N4C(=O)OCC4C)nc3)CC2)c(C)c1.Cl. The molecule has 2 aromatic heterocycles. The van der Waals surface area contributed by atoms with E-state index in [-0.39, 0.29) is 24.4 Å². The number of aromatic nitrogens is 2. The van der Waals surface area contributed by atoms with Crippen molar-refractivity contribution >= 4 is 36.0 Å². The molecule has 4 heterocycles. The van der Waals surface area contributed by atoms with E-state index in [0.717, 1.165) is 25.3 Å². The molecule has 2 saturated heterocycles. The lowest BCUT2D eigenvalue weighted by molar-refractivity contribution is 0.0746. The lowest BCUT2D eigenvalue weighted by Gasteiger charge is -2.36. The Morgan fingerprint density at radius 2 is 1.90 bits per heavy atom. The molecule has 0 bridgehead atoms. The molecular formula is C22H28ClN5O3. The summed E-state index contributed by atoms with van der Waals surface area (Å²) in [6.07, 6.45) is 4.05. The predicted molar refractivity (Wildman–Crippen MR) is 121 cm³/mol. The molecule has 0 N–H and O–H groups in total. The maximum Gasteiger partial charge on any atom is 0.415 e. The molecule has 9 heteroatoms. The van der Waals surface area contributed by atoms with Crippen molar-refractivity contribution in [3.63, 3.8) is 0 Å². The van der Waals surface area contributed by atoms with Crippen molar-refractivity contribution in [1.82, 2.24) is 14.9 Å². The van der Waals surface area contributed by atoms with E-state index in [1.165, 1.54) is 22.2 Å². The van der Waals surface area contributed by atoms with Crippen LogP contribution in [-0.4, -0.2) is 65.7 Å². The molecule has 0 spiro atoms. The van der Waals surface area contributed by atoms with Crippen LogP contribution in [0.15, 0.2) is 30.6 Å².